The highest BCUT2D eigenvalue weighted by atomic mass is 19.4. The molecule has 0 saturated heterocycles. The van der Waals surface area contributed by atoms with Crippen LogP contribution in [0.5, 0.6) is 0 Å². The Kier molecular flexibility index (Phi) is 2.71. The van der Waals surface area contributed by atoms with Gasteiger partial charge in [0.1, 0.15) is 5.82 Å². The van der Waals surface area contributed by atoms with Crippen molar-refractivity contribution < 1.29 is 13.2 Å². The molecule has 98 valence electrons. The van der Waals surface area contributed by atoms with E-state index in [1.54, 1.807) is 12.1 Å². The monoisotopic (exact) mass is 258 g/mol. The molecule has 18 heavy (non-hydrogen) atoms. The Hall–Kier alpha value is -1.79. The third-order valence-corrected chi connectivity index (χ3v) is 2.82. The standard InChI is InChI=1S/C11H13F3N4/c1-10(2,11(12,13)14)6-18-9-7(5-16-18)3-4-8(15)17-9/h3-5H,6H2,1-2H3,(H2,15,17). The van der Waals surface area contributed by atoms with E-state index in [0.717, 1.165) is 13.8 Å². The first-order valence-electron chi connectivity index (χ1n) is 5.35. The van der Waals surface area contributed by atoms with E-state index in [-0.39, 0.29) is 12.4 Å². The van der Waals surface area contributed by atoms with Crippen LogP contribution in [0, 0.1) is 5.41 Å². The Balaban J connectivity index is 2.41. The van der Waals surface area contributed by atoms with Gasteiger partial charge in [0.05, 0.1) is 18.2 Å². The molecule has 0 aliphatic heterocycles. The summed E-state index contributed by atoms with van der Waals surface area (Å²) in [6.45, 7) is 1.97. The predicted molar refractivity (Wildman–Crippen MR) is 61.8 cm³/mol. The number of rotatable bonds is 2. The smallest absolute Gasteiger partial charge is 0.384 e. The average Bonchev–Trinajstić information content (AvgIpc) is 2.59. The van der Waals surface area contributed by atoms with Gasteiger partial charge in [-0.05, 0) is 26.0 Å². The second kappa shape index (κ2) is 3.86. The third-order valence-electron chi connectivity index (χ3n) is 2.82. The van der Waals surface area contributed by atoms with Crippen molar-refractivity contribution in [2.24, 2.45) is 5.41 Å². The number of alkyl halides is 3. The van der Waals surface area contributed by atoms with Gasteiger partial charge in [-0.25, -0.2) is 9.67 Å². The summed E-state index contributed by atoms with van der Waals surface area (Å²) in [5, 5.41) is 4.60. The number of nitrogens with zero attached hydrogens (tertiary/aromatic N) is 3. The van der Waals surface area contributed by atoms with E-state index < -0.39 is 11.6 Å². The Morgan fingerprint density at radius 2 is 1.94 bits per heavy atom. The summed E-state index contributed by atoms with van der Waals surface area (Å²) in [6.07, 6.45) is -2.82. The van der Waals surface area contributed by atoms with Crippen LogP contribution in [0.4, 0.5) is 19.0 Å². The van der Waals surface area contributed by atoms with Gasteiger partial charge in [-0.3, -0.25) is 0 Å². The maximum Gasteiger partial charge on any atom is 0.395 e. The Bertz CT molecular complexity index is 571. The maximum atomic E-state index is 12.8. The van der Waals surface area contributed by atoms with Crippen LogP contribution in [0.25, 0.3) is 11.0 Å². The van der Waals surface area contributed by atoms with Gasteiger partial charge in [0.25, 0.3) is 0 Å². The highest BCUT2D eigenvalue weighted by Gasteiger charge is 2.47. The molecular formula is C11H13F3N4. The zero-order valence-electron chi connectivity index (χ0n) is 9.99. The molecule has 0 radical (unpaired) electrons. The topological polar surface area (TPSA) is 56.7 Å². The largest absolute Gasteiger partial charge is 0.395 e. The highest BCUT2D eigenvalue weighted by Crippen LogP contribution is 2.39. The molecule has 0 unspecified atom stereocenters. The van der Waals surface area contributed by atoms with Crippen molar-refractivity contribution in [1.29, 1.82) is 0 Å². The predicted octanol–water partition coefficient (Wildman–Crippen LogP) is 2.60. The lowest BCUT2D eigenvalue weighted by atomic mass is 9.93. The van der Waals surface area contributed by atoms with E-state index in [4.69, 9.17) is 5.73 Å². The molecule has 2 aromatic rings. The number of aromatic nitrogens is 3. The number of anilines is 1. The van der Waals surface area contributed by atoms with E-state index in [1.165, 1.54) is 10.9 Å². The fourth-order valence-corrected chi connectivity index (χ4v) is 1.55. The summed E-state index contributed by atoms with van der Waals surface area (Å²) in [7, 11) is 0. The molecule has 7 heteroatoms. The number of nitrogens with two attached hydrogens (primary N) is 1. The van der Waals surface area contributed by atoms with Crippen LogP contribution in [0.2, 0.25) is 0 Å². The van der Waals surface area contributed by atoms with Crippen LogP contribution in [0.1, 0.15) is 13.8 Å². The van der Waals surface area contributed by atoms with Crippen molar-refractivity contribution in [3.8, 4) is 0 Å². The molecule has 0 aliphatic carbocycles. The first-order chi connectivity index (χ1) is 8.21. The van der Waals surface area contributed by atoms with E-state index >= 15 is 0 Å². The summed E-state index contributed by atoms with van der Waals surface area (Å²) in [4.78, 5) is 4.01. The maximum absolute atomic E-state index is 12.8. The second-order valence-corrected chi connectivity index (χ2v) is 4.83. The van der Waals surface area contributed by atoms with Crippen molar-refractivity contribution in [2.45, 2.75) is 26.6 Å². The normalized spacial score (nSPS) is 13.2. The molecule has 0 atom stereocenters. The van der Waals surface area contributed by atoms with Gasteiger partial charge < -0.3 is 5.73 Å². The van der Waals surface area contributed by atoms with Crippen molar-refractivity contribution in [1.82, 2.24) is 14.8 Å². The van der Waals surface area contributed by atoms with Gasteiger partial charge in [-0.15, -0.1) is 0 Å². The molecule has 0 aromatic carbocycles. The highest BCUT2D eigenvalue weighted by molar-refractivity contribution is 5.76. The molecule has 4 nitrogen and oxygen atoms in total. The van der Waals surface area contributed by atoms with Gasteiger partial charge in [0.2, 0.25) is 0 Å². The molecule has 0 bridgehead atoms. The summed E-state index contributed by atoms with van der Waals surface area (Å²) >= 11 is 0. The lowest BCUT2D eigenvalue weighted by Crippen LogP contribution is -2.36. The second-order valence-electron chi connectivity index (χ2n) is 4.83. The average molecular weight is 258 g/mol. The van der Waals surface area contributed by atoms with Crippen molar-refractivity contribution >= 4 is 16.9 Å². The molecule has 0 fully saturated rings. The number of halogens is 3. The zero-order chi connectivity index (χ0) is 13.6. The van der Waals surface area contributed by atoms with Crippen LogP contribution < -0.4 is 5.73 Å². The number of hydrogen-bond acceptors (Lipinski definition) is 3. The number of nitrogen functional groups attached to an aromatic ring is 1. The Morgan fingerprint density at radius 1 is 1.28 bits per heavy atom. The van der Waals surface area contributed by atoms with Crippen LogP contribution in [-0.4, -0.2) is 20.9 Å². The molecule has 0 saturated carbocycles. The van der Waals surface area contributed by atoms with Gasteiger partial charge in [-0.1, -0.05) is 0 Å². The van der Waals surface area contributed by atoms with Gasteiger partial charge in [0.15, 0.2) is 5.65 Å². The zero-order valence-corrected chi connectivity index (χ0v) is 9.99. The van der Waals surface area contributed by atoms with E-state index in [0.29, 0.717) is 11.0 Å². The van der Waals surface area contributed by atoms with Crippen LogP contribution in [0.15, 0.2) is 18.3 Å². The van der Waals surface area contributed by atoms with Crippen molar-refractivity contribution in [2.75, 3.05) is 5.73 Å². The van der Waals surface area contributed by atoms with E-state index in [9.17, 15) is 13.2 Å². The van der Waals surface area contributed by atoms with Gasteiger partial charge in [-0.2, -0.15) is 18.3 Å². The third kappa shape index (κ3) is 2.12. The molecule has 2 aromatic heterocycles. The van der Waals surface area contributed by atoms with Gasteiger partial charge >= 0.3 is 6.18 Å². The molecule has 2 rings (SSSR count). The number of pyridine rings is 1. The molecular weight excluding hydrogens is 245 g/mol. The van der Waals surface area contributed by atoms with Crippen LogP contribution in [-0.2, 0) is 6.54 Å². The fourth-order valence-electron chi connectivity index (χ4n) is 1.55. The lowest BCUT2D eigenvalue weighted by Gasteiger charge is -2.27. The van der Waals surface area contributed by atoms with Gasteiger partial charge in [0, 0.05) is 5.39 Å². The summed E-state index contributed by atoms with van der Waals surface area (Å²) < 4.78 is 39.7. The van der Waals surface area contributed by atoms with Crippen molar-refractivity contribution in [3.05, 3.63) is 18.3 Å². The first kappa shape index (κ1) is 12.7. The SMILES string of the molecule is CC(C)(Cn1ncc2ccc(N)nc21)C(F)(F)F. The molecule has 0 spiro atoms. The first-order valence-corrected chi connectivity index (χ1v) is 5.35. The number of fused-ring (bicyclic) bond motifs is 1. The fraction of sp³-hybridized carbons (Fsp3) is 0.455. The summed E-state index contributed by atoms with van der Waals surface area (Å²) in [5.41, 5.74) is 4.02. The van der Waals surface area contributed by atoms with E-state index in [2.05, 4.69) is 10.1 Å². The minimum Gasteiger partial charge on any atom is -0.384 e. The molecule has 2 N–H and O–H groups in total. The minimum atomic E-state index is -4.30. The quantitative estimate of drug-likeness (QED) is 0.900. The Morgan fingerprint density at radius 3 is 2.56 bits per heavy atom. The van der Waals surface area contributed by atoms with Crippen molar-refractivity contribution in [3.63, 3.8) is 0 Å². The molecule has 0 aliphatic rings. The Labute approximate surface area is 102 Å². The number of hydrogen-bond donors (Lipinski definition) is 1. The lowest BCUT2D eigenvalue weighted by molar-refractivity contribution is -0.216. The minimum absolute atomic E-state index is 0.258. The summed E-state index contributed by atoms with van der Waals surface area (Å²) in [5.74, 6) is 0.258. The molecule has 2 heterocycles. The molecule has 0 amide bonds. The summed E-state index contributed by atoms with van der Waals surface area (Å²) in [6, 6.07) is 3.27. The van der Waals surface area contributed by atoms with Crippen LogP contribution in [0.3, 0.4) is 0 Å². The van der Waals surface area contributed by atoms with Crippen LogP contribution >= 0.6 is 0 Å². The van der Waals surface area contributed by atoms with E-state index in [1.807, 2.05) is 0 Å².